The van der Waals surface area contributed by atoms with Crippen LogP contribution in [0.15, 0.2) is 6.33 Å². The molecule has 0 amide bonds. The molecule has 108 valence electrons. The quantitative estimate of drug-likeness (QED) is 0.573. The van der Waals surface area contributed by atoms with Gasteiger partial charge in [0.25, 0.3) is 0 Å². The summed E-state index contributed by atoms with van der Waals surface area (Å²) < 4.78 is 0. The van der Waals surface area contributed by atoms with E-state index in [1.165, 1.54) is 6.33 Å². The second-order valence-corrected chi connectivity index (χ2v) is 5.87. The molecule has 19 heavy (non-hydrogen) atoms. The van der Waals surface area contributed by atoms with E-state index in [1.807, 2.05) is 0 Å². The molecule has 1 rings (SSSR count). The Bertz CT molecular complexity index is 396. The first-order valence-corrected chi connectivity index (χ1v) is 7.32. The van der Waals surface area contributed by atoms with Gasteiger partial charge in [0.05, 0.1) is 5.88 Å². The fourth-order valence-electron chi connectivity index (χ4n) is 1.81. The van der Waals surface area contributed by atoms with Crippen LogP contribution in [0.25, 0.3) is 0 Å². The van der Waals surface area contributed by atoms with Crippen molar-refractivity contribution in [3.8, 4) is 0 Å². The molecule has 0 fully saturated rings. The van der Waals surface area contributed by atoms with Crippen LogP contribution < -0.4 is 4.90 Å². The minimum atomic E-state index is 0.325. The molecule has 0 atom stereocenters. The van der Waals surface area contributed by atoms with Crippen molar-refractivity contribution in [2.75, 3.05) is 38.6 Å². The zero-order valence-corrected chi connectivity index (χ0v) is 13.5. The van der Waals surface area contributed by atoms with Crippen LogP contribution in [0.4, 0.5) is 5.82 Å². The van der Waals surface area contributed by atoms with Gasteiger partial charge in [-0.25, -0.2) is 9.97 Å². The van der Waals surface area contributed by atoms with Gasteiger partial charge >= 0.3 is 0 Å². The van der Waals surface area contributed by atoms with Gasteiger partial charge < -0.3 is 9.80 Å². The van der Waals surface area contributed by atoms with Crippen LogP contribution in [0.2, 0.25) is 5.15 Å². The van der Waals surface area contributed by atoms with Gasteiger partial charge in [0.15, 0.2) is 0 Å². The summed E-state index contributed by atoms with van der Waals surface area (Å²) in [7, 11) is 4.12. The standard InChI is InChI=1S/C13H22Cl2N4/c1-10(2)8-19(6-5-18(3)4)13-11(7-14)12(15)16-9-17-13/h9-10H,5-8H2,1-4H3. The largest absolute Gasteiger partial charge is 0.355 e. The van der Waals surface area contributed by atoms with Gasteiger partial charge in [0, 0.05) is 25.2 Å². The number of likely N-dealkylation sites (N-methyl/N-ethyl adjacent to an activating group) is 1. The maximum absolute atomic E-state index is 6.10. The predicted molar refractivity (Wildman–Crippen MR) is 82.2 cm³/mol. The molecule has 0 bridgehead atoms. The Hall–Kier alpha value is -0.580. The maximum Gasteiger partial charge on any atom is 0.138 e. The van der Waals surface area contributed by atoms with Crippen molar-refractivity contribution in [2.24, 2.45) is 5.92 Å². The van der Waals surface area contributed by atoms with E-state index in [4.69, 9.17) is 23.2 Å². The SMILES string of the molecule is CC(C)CN(CCN(C)C)c1ncnc(Cl)c1CCl. The summed E-state index contributed by atoms with van der Waals surface area (Å²) >= 11 is 12.1. The van der Waals surface area contributed by atoms with E-state index in [1.54, 1.807) is 0 Å². The first-order valence-electron chi connectivity index (χ1n) is 6.40. The fourth-order valence-corrected chi connectivity index (χ4v) is 2.32. The molecular weight excluding hydrogens is 283 g/mol. The molecule has 1 heterocycles. The number of rotatable bonds is 7. The molecule has 1 aromatic heterocycles. The molecule has 0 spiro atoms. The molecule has 0 aliphatic heterocycles. The molecule has 0 aliphatic carbocycles. The molecule has 0 aromatic carbocycles. The molecule has 0 saturated carbocycles. The zero-order valence-electron chi connectivity index (χ0n) is 12.0. The summed E-state index contributed by atoms with van der Waals surface area (Å²) in [6.45, 7) is 7.14. The van der Waals surface area contributed by atoms with Crippen molar-refractivity contribution < 1.29 is 0 Å². The Labute approximate surface area is 125 Å². The minimum absolute atomic E-state index is 0.325. The summed E-state index contributed by atoms with van der Waals surface area (Å²) in [6, 6.07) is 0. The number of halogens is 2. The van der Waals surface area contributed by atoms with Crippen LogP contribution in [0.5, 0.6) is 0 Å². The average molecular weight is 305 g/mol. The van der Waals surface area contributed by atoms with Crippen LogP contribution in [-0.4, -0.2) is 48.6 Å². The van der Waals surface area contributed by atoms with E-state index >= 15 is 0 Å². The van der Waals surface area contributed by atoms with Gasteiger partial charge in [-0.05, 0) is 20.0 Å². The summed E-state index contributed by atoms with van der Waals surface area (Å²) in [5.41, 5.74) is 0.810. The minimum Gasteiger partial charge on any atom is -0.355 e. The van der Waals surface area contributed by atoms with Crippen LogP contribution in [-0.2, 0) is 5.88 Å². The number of hydrogen-bond acceptors (Lipinski definition) is 4. The van der Waals surface area contributed by atoms with Crippen LogP contribution in [0.1, 0.15) is 19.4 Å². The lowest BCUT2D eigenvalue weighted by Crippen LogP contribution is -2.35. The van der Waals surface area contributed by atoms with E-state index in [-0.39, 0.29) is 0 Å². The highest BCUT2D eigenvalue weighted by Crippen LogP contribution is 2.25. The third kappa shape index (κ3) is 5.13. The van der Waals surface area contributed by atoms with Gasteiger partial charge in [-0.15, -0.1) is 11.6 Å². The van der Waals surface area contributed by atoms with Crippen LogP contribution in [0, 0.1) is 5.92 Å². The van der Waals surface area contributed by atoms with Gasteiger partial charge in [0.1, 0.15) is 17.3 Å². The molecule has 1 aromatic rings. The predicted octanol–water partition coefficient (Wildman–Crippen LogP) is 2.89. The molecule has 0 N–H and O–H groups in total. The molecule has 0 unspecified atom stereocenters. The van der Waals surface area contributed by atoms with Gasteiger partial charge in [-0.3, -0.25) is 0 Å². The lowest BCUT2D eigenvalue weighted by molar-refractivity contribution is 0.408. The molecule has 4 nitrogen and oxygen atoms in total. The average Bonchev–Trinajstić information content (AvgIpc) is 2.33. The first kappa shape index (κ1) is 16.5. The molecule has 0 radical (unpaired) electrons. The van der Waals surface area contributed by atoms with Crippen molar-refractivity contribution in [1.82, 2.24) is 14.9 Å². The lowest BCUT2D eigenvalue weighted by Gasteiger charge is -2.28. The molecule has 0 saturated heterocycles. The summed E-state index contributed by atoms with van der Waals surface area (Å²) in [5, 5.41) is 0.443. The normalized spacial score (nSPS) is 11.4. The van der Waals surface area contributed by atoms with Gasteiger partial charge in [-0.1, -0.05) is 25.4 Å². The highest BCUT2D eigenvalue weighted by molar-refractivity contribution is 6.31. The molecular formula is C13H22Cl2N4. The Morgan fingerprint density at radius 2 is 1.89 bits per heavy atom. The number of anilines is 1. The maximum atomic E-state index is 6.10. The first-order chi connectivity index (χ1) is 8.95. The Morgan fingerprint density at radius 1 is 1.21 bits per heavy atom. The fraction of sp³-hybridized carbons (Fsp3) is 0.692. The highest BCUT2D eigenvalue weighted by Gasteiger charge is 2.17. The smallest absolute Gasteiger partial charge is 0.138 e. The lowest BCUT2D eigenvalue weighted by atomic mass is 10.2. The topological polar surface area (TPSA) is 32.3 Å². The number of aromatic nitrogens is 2. The molecule has 0 aliphatic rings. The third-order valence-electron chi connectivity index (χ3n) is 2.71. The summed E-state index contributed by atoms with van der Waals surface area (Å²) in [6.07, 6.45) is 1.50. The highest BCUT2D eigenvalue weighted by atomic mass is 35.5. The second-order valence-electron chi connectivity index (χ2n) is 5.24. The summed E-state index contributed by atoms with van der Waals surface area (Å²) in [5.74, 6) is 1.72. The van der Waals surface area contributed by atoms with Crippen molar-refractivity contribution >= 4 is 29.0 Å². The second kappa shape index (κ2) is 7.88. The number of nitrogens with zero attached hydrogens (tertiary/aromatic N) is 4. The Morgan fingerprint density at radius 3 is 2.42 bits per heavy atom. The monoisotopic (exact) mass is 304 g/mol. The van der Waals surface area contributed by atoms with E-state index in [9.17, 15) is 0 Å². The Kier molecular flexibility index (Phi) is 6.83. The molecule has 6 heteroatoms. The summed E-state index contributed by atoms with van der Waals surface area (Å²) in [4.78, 5) is 12.8. The van der Waals surface area contributed by atoms with Gasteiger partial charge in [0.2, 0.25) is 0 Å². The zero-order chi connectivity index (χ0) is 14.4. The van der Waals surface area contributed by atoms with Crippen LogP contribution >= 0.6 is 23.2 Å². The van der Waals surface area contributed by atoms with Crippen molar-refractivity contribution in [2.45, 2.75) is 19.7 Å². The van der Waals surface area contributed by atoms with E-state index < -0.39 is 0 Å². The van der Waals surface area contributed by atoms with Crippen molar-refractivity contribution in [3.63, 3.8) is 0 Å². The van der Waals surface area contributed by atoms with Crippen molar-refractivity contribution in [3.05, 3.63) is 17.0 Å². The van der Waals surface area contributed by atoms with Crippen LogP contribution in [0.3, 0.4) is 0 Å². The number of alkyl halides is 1. The number of hydrogen-bond donors (Lipinski definition) is 0. The van der Waals surface area contributed by atoms with Crippen molar-refractivity contribution in [1.29, 1.82) is 0 Å². The van der Waals surface area contributed by atoms with E-state index in [0.29, 0.717) is 17.0 Å². The van der Waals surface area contributed by atoms with E-state index in [2.05, 4.69) is 47.7 Å². The van der Waals surface area contributed by atoms with Gasteiger partial charge in [-0.2, -0.15) is 0 Å². The Balaban J connectivity index is 2.98. The van der Waals surface area contributed by atoms with E-state index in [0.717, 1.165) is 31.0 Å². The third-order valence-corrected chi connectivity index (χ3v) is 3.30.